The number of rotatable bonds is 4. The van der Waals surface area contributed by atoms with Gasteiger partial charge in [0.1, 0.15) is 0 Å². The largest absolute Gasteiger partial charge is 0.481 e. The van der Waals surface area contributed by atoms with Crippen LogP contribution in [0, 0.1) is 5.41 Å². The summed E-state index contributed by atoms with van der Waals surface area (Å²) in [6, 6.07) is 5.50. The van der Waals surface area contributed by atoms with Crippen LogP contribution in [-0.4, -0.2) is 15.6 Å². The molecule has 1 aromatic carbocycles. The molecule has 0 fully saturated rings. The van der Waals surface area contributed by atoms with Gasteiger partial charge in [0.25, 0.3) is 0 Å². The van der Waals surface area contributed by atoms with Gasteiger partial charge in [0.05, 0.1) is 11.9 Å². The summed E-state index contributed by atoms with van der Waals surface area (Å²) in [6.45, 7) is 3.83. The number of aryl methyl sites for hydroxylation is 1. The fourth-order valence-corrected chi connectivity index (χ4v) is 2.31. The number of hydrogen-bond donors (Lipinski definition) is 1. The summed E-state index contributed by atoms with van der Waals surface area (Å²) in [6.07, 6.45) is 0.740. The molecule has 1 aromatic heterocycles. The highest BCUT2D eigenvalue weighted by atomic mass is 16.4. The molecule has 0 aliphatic carbocycles. The van der Waals surface area contributed by atoms with Crippen LogP contribution < -0.4 is 5.76 Å². The molecule has 0 saturated heterocycles. The molecule has 0 radical (unpaired) electrons. The molecule has 0 unspecified atom stereocenters. The minimum Gasteiger partial charge on any atom is -0.481 e. The third-order valence-corrected chi connectivity index (χ3v) is 3.17. The fraction of sp³-hybridized carbons (Fsp3) is 0.429. The third-order valence-electron chi connectivity index (χ3n) is 3.17. The van der Waals surface area contributed by atoms with Crippen LogP contribution in [0.4, 0.5) is 0 Å². The highest BCUT2D eigenvalue weighted by Crippen LogP contribution is 2.27. The average molecular weight is 263 g/mol. The molecule has 5 nitrogen and oxygen atoms in total. The highest BCUT2D eigenvalue weighted by molar-refractivity contribution is 5.73. The monoisotopic (exact) mass is 263 g/mol. The molecule has 0 bridgehead atoms. The molecule has 0 spiro atoms. The molecule has 0 aliphatic rings. The summed E-state index contributed by atoms with van der Waals surface area (Å²) in [5.74, 6) is -1.20. The zero-order valence-corrected chi connectivity index (χ0v) is 11.3. The first-order chi connectivity index (χ1) is 8.78. The molecule has 0 aliphatic heterocycles. The topological polar surface area (TPSA) is 72.4 Å². The predicted octanol–water partition coefficient (Wildman–Crippen LogP) is 2.17. The van der Waals surface area contributed by atoms with Crippen LogP contribution in [0.3, 0.4) is 0 Å². The molecule has 5 heteroatoms. The van der Waals surface area contributed by atoms with Gasteiger partial charge in [-0.15, -0.1) is 0 Å². The molecule has 0 saturated carbocycles. The Labute approximate surface area is 110 Å². The second kappa shape index (κ2) is 4.57. The van der Waals surface area contributed by atoms with Gasteiger partial charge in [-0.2, -0.15) is 0 Å². The van der Waals surface area contributed by atoms with Crippen LogP contribution in [0.15, 0.2) is 27.4 Å². The van der Waals surface area contributed by atoms with Crippen LogP contribution in [0.25, 0.3) is 11.1 Å². The van der Waals surface area contributed by atoms with Crippen LogP contribution >= 0.6 is 0 Å². The molecule has 0 amide bonds. The lowest BCUT2D eigenvalue weighted by atomic mass is 9.83. The average Bonchev–Trinajstić information content (AvgIpc) is 2.53. The number of nitrogens with zero attached hydrogens (tertiary/aromatic N) is 1. The Hall–Kier alpha value is -2.04. The molecule has 19 heavy (non-hydrogen) atoms. The number of carboxylic acid groups (broad SMARTS) is 1. The molecule has 2 aromatic rings. The second-order valence-electron chi connectivity index (χ2n) is 5.64. The van der Waals surface area contributed by atoms with Crippen molar-refractivity contribution < 1.29 is 14.3 Å². The van der Waals surface area contributed by atoms with Crippen LogP contribution in [0.5, 0.6) is 0 Å². The minimum absolute atomic E-state index is 0.107. The van der Waals surface area contributed by atoms with Gasteiger partial charge in [-0.05, 0) is 29.5 Å². The zero-order chi connectivity index (χ0) is 14.2. The van der Waals surface area contributed by atoms with E-state index in [-0.39, 0.29) is 11.8 Å². The molecule has 2 rings (SSSR count). The van der Waals surface area contributed by atoms with Crippen LogP contribution in [-0.2, 0) is 18.3 Å². The molecule has 0 atom stereocenters. The number of carbonyl (C=O) groups is 1. The van der Waals surface area contributed by atoms with E-state index in [1.54, 1.807) is 13.1 Å². The summed E-state index contributed by atoms with van der Waals surface area (Å²) in [7, 11) is 1.65. The highest BCUT2D eigenvalue weighted by Gasteiger charge is 2.22. The lowest BCUT2D eigenvalue weighted by Gasteiger charge is -2.22. The van der Waals surface area contributed by atoms with Crippen molar-refractivity contribution in [1.29, 1.82) is 0 Å². The van der Waals surface area contributed by atoms with Crippen molar-refractivity contribution in [2.45, 2.75) is 26.7 Å². The number of hydrogen-bond acceptors (Lipinski definition) is 3. The Morgan fingerprint density at radius 3 is 2.74 bits per heavy atom. The van der Waals surface area contributed by atoms with Gasteiger partial charge in [-0.3, -0.25) is 9.36 Å². The number of oxazole rings is 1. The van der Waals surface area contributed by atoms with E-state index < -0.39 is 11.7 Å². The van der Waals surface area contributed by atoms with Gasteiger partial charge < -0.3 is 9.52 Å². The lowest BCUT2D eigenvalue weighted by Crippen LogP contribution is -2.19. The van der Waals surface area contributed by atoms with Crippen molar-refractivity contribution in [1.82, 2.24) is 4.57 Å². The molecular formula is C14H17NO4. The van der Waals surface area contributed by atoms with Gasteiger partial charge in [-0.1, -0.05) is 19.9 Å². The van der Waals surface area contributed by atoms with Crippen molar-refractivity contribution in [3.05, 3.63) is 34.3 Å². The Bertz CT molecular complexity index is 678. The Kier molecular flexibility index (Phi) is 3.22. The van der Waals surface area contributed by atoms with E-state index in [9.17, 15) is 9.59 Å². The molecule has 102 valence electrons. The normalized spacial score (nSPS) is 11.9. The molecule has 1 N–H and O–H groups in total. The second-order valence-corrected chi connectivity index (χ2v) is 5.64. The van der Waals surface area contributed by atoms with Crippen molar-refractivity contribution in [3.63, 3.8) is 0 Å². The van der Waals surface area contributed by atoms with E-state index >= 15 is 0 Å². The van der Waals surface area contributed by atoms with E-state index in [2.05, 4.69) is 0 Å². The number of benzene rings is 1. The first-order valence-electron chi connectivity index (χ1n) is 6.09. The zero-order valence-electron chi connectivity index (χ0n) is 11.3. The van der Waals surface area contributed by atoms with E-state index in [1.807, 2.05) is 26.0 Å². The first kappa shape index (κ1) is 13.4. The fourth-order valence-electron chi connectivity index (χ4n) is 2.31. The van der Waals surface area contributed by atoms with Gasteiger partial charge in [0, 0.05) is 7.05 Å². The van der Waals surface area contributed by atoms with E-state index in [4.69, 9.17) is 9.52 Å². The first-order valence-corrected chi connectivity index (χ1v) is 6.09. The van der Waals surface area contributed by atoms with Gasteiger partial charge >= 0.3 is 11.7 Å². The van der Waals surface area contributed by atoms with Crippen LogP contribution in [0.2, 0.25) is 0 Å². The number of carboxylic acids is 1. The van der Waals surface area contributed by atoms with E-state index in [1.165, 1.54) is 4.57 Å². The third kappa shape index (κ3) is 2.86. The summed E-state index contributed by atoms with van der Waals surface area (Å²) in [4.78, 5) is 22.2. The minimum atomic E-state index is -0.804. The van der Waals surface area contributed by atoms with Crippen molar-refractivity contribution >= 4 is 17.1 Å². The maximum atomic E-state index is 11.4. The van der Waals surface area contributed by atoms with Gasteiger partial charge in [0.15, 0.2) is 5.58 Å². The van der Waals surface area contributed by atoms with Crippen molar-refractivity contribution in [3.8, 4) is 0 Å². The smallest absolute Gasteiger partial charge is 0.419 e. The summed E-state index contributed by atoms with van der Waals surface area (Å²) in [5, 5.41) is 8.89. The molecular weight excluding hydrogens is 246 g/mol. The maximum Gasteiger partial charge on any atom is 0.419 e. The van der Waals surface area contributed by atoms with Gasteiger partial charge in [0.2, 0.25) is 0 Å². The standard InChI is InChI=1S/C14H17NO4/c1-14(2,8-12(16)17)7-9-4-5-11-10(6-9)15(3)13(18)19-11/h4-6H,7-8H2,1-3H3,(H,16,17). The predicted molar refractivity (Wildman–Crippen MR) is 71.2 cm³/mol. The number of aromatic nitrogens is 1. The summed E-state index contributed by atoms with van der Waals surface area (Å²) < 4.78 is 6.51. The quantitative estimate of drug-likeness (QED) is 0.917. The summed E-state index contributed by atoms with van der Waals surface area (Å²) in [5.41, 5.74) is 1.94. The Balaban J connectivity index is 2.33. The molecule has 1 heterocycles. The van der Waals surface area contributed by atoms with E-state index in [0.717, 1.165) is 11.1 Å². The van der Waals surface area contributed by atoms with Crippen LogP contribution in [0.1, 0.15) is 25.8 Å². The van der Waals surface area contributed by atoms with Gasteiger partial charge in [-0.25, -0.2) is 4.79 Å². The SMILES string of the molecule is Cn1c(=O)oc2ccc(CC(C)(C)CC(=O)O)cc21. The lowest BCUT2D eigenvalue weighted by molar-refractivity contribution is -0.139. The van der Waals surface area contributed by atoms with Crippen molar-refractivity contribution in [2.24, 2.45) is 12.5 Å². The number of aliphatic carboxylic acids is 1. The maximum absolute atomic E-state index is 11.4. The summed E-state index contributed by atoms with van der Waals surface area (Å²) >= 11 is 0. The Morgan fingerprint density at radius 1 is 1.42 bits per heavy atom. The van der Waals surface area contributed by atoms with Crippen molar-refractivity contribution in [2.75, 3.05) is 0 Å². The Morgan fingerprint density at radius 2 is 2.11 bits per heavy atom. The van der Waals surface area contributed by atoms with E-state index in [0.29, 0.717) is 12.0 Å². The number of fused-ring (bicyclic) bond motifs is 1.